The summed E-state index contributed by atoms with van der Waals surface area (Å²) in [4.78, 5) is 13.3. The predicted molar refractivity (Wildman–Crippen MR) is 137 cm³/mol. The normalized spacial score (nSPS) is 11.8. The number of anilines is 1. The minimum absolute atomic E-state index is 0.142. The summed E-state index contributed by atoms with van der Waals surface area (Å²) in [5, 5.41) is 3.28. The Kier molecular flexibility index (Phi) is 9.70. The second-order valence-electron chi connectivity index (χ2n) is 8.15. The number of carbonyl (C=O) groups is 1. The quantitative estimate of drug-likeness (QED) is 0.242. The fourth-order valence-electron chi connectivity index (χ4n) is 3.32. The van der Waals surface area contributed by atoms with E-state index in [0.717, 1.165) is 34.9 Å². The molecule has 0 bridgehead atoms. The molecule has 0 spiro atoms. The van der Waals surface area contributed by atoms with Gasteiger partial charge in [0.1, 0.15) is 17.6 Å². The first-order chi connectivity index (χ1) is 16.0. The van der Waals surface area contributed by atoms with Crippen LogP contribution < -0.4 is 10.1 Å². The summed E-state index contributed by atoms with van der Waals surface area (Å²) < 4.78 is 11.1. The second-order valence-corrected chi connectivity index (χ2v) is 9.37. The second kappa shape index (κ2) is 12.9. The summed E-state index contributed by atoms with van der Waals surface area (Å²) in [5.74, 6) is 0.948. The Morgan fingerprint density at radius 1 is 0.909 bits per heavy atom. The van der Waals surface area contributed by atoms with Gasteiger partial charge in [0.25, 0.3) is 0 Å². The molecule has 33 heavy (non-hydrogen) atoms. The molecule has 1 unspecified atom stereocenters. The van der Waals surface area contributed by atoms with Gasteiger partial charge < -0.3 is 14.8 Å². The number of carbonyl (C=O) groups excluding carboxylic acids is 1. The smallest absolute Gasteiger partial charge is 0.319 e. The SMILES string of the molecule is CCOC(=O)C(Sc1ccc(NCCc2ccc(OCc3ccccc3)cc2)cc1)C(C)C. The van der Waals surface area contributed by atoms with E-state index in [9.17, 15) is 4.79 Å². The van der Waals surface area contributed by atoms with Gasteiger partial charge in [0.05, 0.1) is 6.61 Å². The van der Waals surface area contributed by atoms with Gasteiger partial charge in [0.2, 0.25) is 0 Å². The van der Waals surface area contributed by atoms with Gasteiger partial charge in [-0.2, -0.15) is 0 Å². The molecule has 4 nitrogen and oxygen atoms in total. The van der Waals surface area contributed by atoms with E-state index in [1.807, 2.05) is 51.1 Å². The van der Waals surface area contributed by atoms with Gasteiger partial charge in [0.15, 0.2) is 0 Å². The topological polar surface area (TPSA) is 47.6 Å². The van der Waals surface area contributed by atoms with Gasteiger partial charge >= 0.3 is 5.97 Å². The van der Waals surface area contributed by atoms with E-state index in [1.165, 1.54) is 5.56 Å². The predicted octanol–water partition coefficient (Wildman–Crippen LogP) is 6.60. The molecule has 0 saturated carbocycles. The first-order valence-corrected chi connectivity index (χ1v) is 12.4. The maximum Gasteiger partial charge on any atom is 0.319 e. The first kappa shape index (κ1) is 24.7. The molecular formula is C28H33NO3S. The summed E-state index contributed by atoms with van der Waals surface area (Å²) in [5.41, 5.74) is 3.49. The van der Waals surface area contributed by atoms with Crippen LogP contribution in [0.5, 0.6) is 5.75 Å². The van der Waals surface area contributed by atoms with Crippen molar-refractivity contribution in [1.82, 2.24) is 0 Å². The van der Waals surface area contributed by atoms with E-state index in [0.29, 0.717) is 13.2 Å². The minimum Gasteiger partial charge on any atom is -0.489 e. The first-order valence-electron chi connectivity index (χ1n) is 11.5. The van der Waals surface area contributed by atoms with E-state index in [2.05, 4.69) is 53.8 Å². The number of rotatable bonds is 12. The number of hydrogen-bond donors (Lipinski definition) is 1. The van der Waals surface area contributed by atoms with Gasteiger partial charge in [-0.1, -0.05) is 56.3 Å². The third-order valence-corrected chi connectivity index (χ3v) is 6.69. The van der Waals surface area contributed by atoms with Crippen LogP contribution in [0.4, 0.5) is 5.69 Å². The summed E-state index contributed by atoms with van der Waals surface area (Å²) >= 11 is 1.56. The lowest BCUT2D eigenvalue weighted by atomic mass is 10.1. The highest BCUT2D eigenvalue weighted by atomic mass is 32.2. The molecule has 0 aliphatic carbocycles. The van der Waals surface area contributed by atoms with Crippen LogP contribution in [-0.2, 0) is 22.6 Å². The number of benzene rings is 3. The molecule has 0 aliphatic rings. The third-order valence-electron chi connectivity index (χ3n) is 5.16. The van der Waals surface area contributed by atoms with E-state index >= 15 is 0 Å². The largest absolute Gasteiger partial charge is 0.489 e. The molecule has 3 aromatic rings. The Balaban J connectivity index is 1.43. The Morgan fingerprint density at radius 2 is 1.61 bits per heavy atom. The summed E-state index contributed by atoms with van der Waals surface area (Å²) in [6.07, 6.45) is 0.924. The monoisotopic (exact) mass is 463 g/mol. The average Bonchev–Trinajstić information content (AvgIpc) is 2.83. The van der Waals surface area contributed by atoms with Crippen molar-refractivity contribution in [2.75, 3.05) is 18.5 Å². The van der Waals surface area contributed by atoms with Crippen LogP contribution >= 0.6 is 11.8 Å². The highest BCUT2D eigenvalue weighted by molar-refractivity contribution is 8.00. The van der Waals surface area contributed by atoms with E-state index in [-0.39, 0.29) is 17.1 Å². The lowest BCUT2D eigenvalue weighted by Crippen LogP contribution is -2.25. The van der Waals surface area contributed by atoms with E-state index in [1.54, 1.807) is 11.8 Å². The molecule has 0 aliphatic heterocycles. The van der Waals surface area contributed by atoms with Crippen molar-refractivity contribution in [3.8, 4) is 5.75 Å². The van der Waals surface area contributed by atoms with Crippen LogP contribution in [0, 0.1) is 5.92 Å². The van der Waals surface area contributed by atoms with Crippen molar-refractivity contribution in [1.29, 1.82) is 0 Å². The fourth-order valence-corrected chi connectivity index (χ4v) is 4.35. The zero-order valence-corrected chi connectivity index (χ0v) is 20.4. The van der Waals surface area contributed by atoms with Crippen molar-refractivity contribution >= 4 is 23.4 Å². The number of thioether (sulfide) groups is 1. The van der Waals surface area contributed by atoms with Crippen molar-refractivity contribution in [2.45, 2.75) is 43.9 Å². The molecular weight excluding hydrogens is 430 g/mol. The highest BCUT2D eigenvalue weighted by Crippen LogP contribution is 2.30. The lowest BCUT2D eigenvalue weighted by molar-refractivity contribution is -0.143. The maximum absolute atomic E-state index is 12.2. The zero-order valence-electron chi connectivity index (χ0n) is 19.6. The molecule has 5 heteroatoms. The molecule has 0 aromatic heterocycles. The van der Waals surface area contributed by atoms with Gasteiger partial charge in [-0.05, 0) is 66.8 Å². The van der Waals surface area contributed by atoms with Gasteiger partial charge in [-0.25, -0.2) is 0 Å². The molecule has 0 radical (unpaired) electrons. The molecule has 3 rings (SSSR count). The standard InChI is InChI=1S/C28H33NO3S/c1-4-31-28(30)27(21(2)3)33-26-16-12-24(13-17-26)29-19-18-22-10-14-25(15-11-22)32-20-23-8-6-5-7-9-23/h5-17,21,27,29H,4,18-20H2,1-3H3. The van der Waals surface area contributed by atoms with Gasteiger partial charge in [0, 0.05) is 17.1 Å². The highest BCUT2D eigenvalue weighted by Gasteiger charge is 2.24. The Hall–Kier alpha value is -2.92. The summed E-state index contributed by atoms with van der Waals surface area (Å²) in [7, 11) is 0. The summed E-state index contributed by atoms with van der Waals surface area (Å²) in [6.45, 7) is 7.77. The number of esters is 1. The van der Waals surface area contributed by atoms with Crippen molar-refractivity contribution < 1.29 is 14.3 Å². The van der Waals surface area contributed by atoms with Crippen LogP contribution in [0.2, 0.25) is 0 Å². The van der Waals surface area contributed by atoms with Gasteiger partial charge in [-0.3, -0.25) is 4.79 Å². The Labute approximate surface area is 201 Å². The van der Waals surface area contributed by atoms with E-state index in [4.69, 9.17) is 9.47 Å². The third kappa shape index (κ3) is 8.17. The lowest BCUT2D eigenvalue weighted by Gasteiger charge is -2.18. The number of ether oxygens (including phenoxy) is 2. The Bertz CT molecular complexity index is 972. The van der Waals surface area contributed by atoms with Crippen LogP contribution in [0.25, 0.3) is 0 Å². The van der Waals surface area contributed by atoms with Crippen LogP contribution in [0.3, 0.4) is 0 Å². The molecule has 3 aromatic carbocycles. The molecule has 0 heterocycles. The van der Waals surface area contributed by atoms with Crippen molar-refractivity contribution in [3.63, 3.8) is 0 Å². The fraction of sp³-hybridized carbons (Fsp3) is 0.321. The molecule has 0 amide bonds. The van der Waals surface area contributed by atoms with Crippen LogP contribution in [-0.4, -0.2) is 24.4 Å². The molecule has 0 fully saturated rings. The molecule has 174 valence electrons. The summed E-state index contributed by atoms with van der Waals surface area (Å²) in [6, 6.07) is 26.7. The zero-order chi connectivity index (χ0) is 23.5. The molecule has 0 saturated heterocycles. The van der Waals surface area contributed by atoms with Crippen LogP contribution in [0.15, 0.2) is 83.8 Å². The van der Waals surface area contributed by atoms with Gasteiger partial charge in [-0.15, -0.1) is 11.8 Å². The number of nitrogens with one attached hydrogen (secondary N) is 1. The number of hydrogen-bond acceptors (Lipinski definition) is 5. The van der Waals surface area contributed by atoms with Crippen molar-refractivity contribution in [2.24, 2.45) is 5.92 Å². The van der Waals surface area contributed by atoms with E-state index < -0.39 is 0 Å². The molecule has 1 atom stereocenters. The van der Waals surface area contributed by atoms with Crippen LogP contribution in [0.1, 0.15) is 31.9 Å². The minimum atomic E-state index is -0.191. The Morgan fingerprint density at radius 3 is 2.24 bits per heavy atom. The van der Waals surface area contributed by atoms with Crippen molar-refractivity contribution in [3.05, 3.63) is 90.0 Å². The molecule has 1 N–H and O–H groups in total. The maximum atomic E-state index is 12.2. The average molecular weight is 464 g/mol.